The van der Waals surface area contributed by atoms with E-state index in [4.69, 9.17) is 11.6 Å². The standard InChI is InChI=1S/C19H19ClN4O2S/c1-11(25)10-27-19-21-16-8-15(20)17(22-18(16)23-19)12-2-4-13(5-3-12)24-7-6-14(26)9-24/h2-5,8,14,26H,6-7,9-10H2,1H3,(H,21,22,23). The van der Waals surface area contributed by atoms with Crippen LogP contribution in [0.15, 0.2) is 35.5 Å². The molecule has 27 heavy (non-hydrogen) atoms. The number of rotatable bonds is 5. The van der Waals surface area contributed by atoms with Gasteiger partial charge in [0.1, 0.15) is 5.78 Å². The van der Waals surface area contributed by atoms with E-state index in [0.717, 1.165) is 29.7 Å². The summed E-state index contributed by atoms with van der Waals surface area (Å²) in [4.78, 5) is 25.5. The minimum atomic E-state index is -0.252. The molecule has 1 atom stereocenters. The van der Waals surface area contributed by atoms with E-state index in [0.29, 0.717) is 33.8 Å². The molecule has 0 aliphatic carbocycles. The molecule has 4 rings (SSSR count). The Morgan fingerprint density at radius 1 is 1.37 bits per heavy atom. The highest BCUT2D eigenvalue weighted by Crippen LogP contribution is 2.31. The van der Waals surface area contributed by atoms with Gasteiger partial charge in [-0.25, -0.2) is 9.97 Å². The molecule has 8 heteroatoms. The van der Waals surface area contributed by atoms with Gasteiger partial charge in [-0.15, -0.1) is 0 Å². The summed E-state index contributed by atoms with van der Waals surface area (Å²) in [6.07, 6.45) is 0.549. The van der Waals surface area contributed by atoms with Crippen molar-refractivity contribution in [2.75, 3.05) is 23.7 Å². The van der Waals surface area contributed by atoms with E-state index < -0.39 is 0 Å². The van der Waals surface area contributed by atoms with E-state index in [-0.39, 0.29) is 11.9 Å². The lowest BCUT2D eigenvalue weighted by Crippen LogP contribution is -2.20. The first kappa shape index (κ1) is 18.3. The van der Waals surface area contributed by atoms with E-state index in [2.05, 4.69) is 19.9 Å². The third kappa shape index (κ3) is 3.95. The topological polar surface area (TPSA) is 82.1 Å². The predicted octanol–water partition coefficient (Wildman–Crippen LogP) is 3.53. The van der Waals surface area contributed by atoms with Gasteiger partial charge in [0, 0.05) is 24.3 Å². The fourth-order valence-electron chi connectivity index (χ4n) is 3.14. The average molecular weight is 403 g/mol. The molecule has 1 saturated heterocycles. The number of pyridine rings is 1. The molecule has 1 aliphatic rings. The van der Waals surface area contributed by atoms with Crippen LogP contribution in [0.25, 0.3) is 22.4 Å². The molecule has 0 bridgehead atoms. The van der Waals surface area contributed by atoms with Gasteiger partial charge in [-0.3, -0.25) is 4.79 Å². The van der Waals surface area contributed by atoms with Gasteiger partial charge < -0.3 is 15.0 Å². The Labute approximate surface area is 166 Å². The average Bonchev–Trinajstić information content (AvgIpc) is 3.25. The number of imidazole rings is 1. The van der Waals surface area contributed by atoms with Gasteiger partial charge in [0.25, 0.3) is 0 Å². The normalized spacial score (nSPS) is 17.0. The number of hydrogen-bond acceptors (Lipinski definition) is 6. The van der Waals surface area contributed by atoms with Gasteiger partial charge in [-0.05, 0) is 31.5 Å². The first-order chi connectivity index (χ1) is 13.0. The third-order valence-electron chi connectivity index (χ3n) is 4.49. The first-order valence-corrected chi connectivity index (χ1v) is 10.1. The van der Waals surface area contributed by atoms with Crippen molar-refractivity contribution in [2.24, 2.45) is 0 Å². The van der Waals surface area contributed by atoms with Crippen LogP contribution >= 0.6 is 23.4 Å². The maximum atomic E-state index is 11.1. The number of H-pyrrole nitrogens is 1. The lowest BCUT2D eigenvalue weighted by Gasteiger charge is -2.18. The number of aliphatic hydroxyl groups excluding tert-OH is 1. The van der Waals surface area contributed by atoms with Gasteiger partial charge in [0.2, 0.25) is 0 Å². The van der Waals surface area contributed by atoms with Crippen LogP contribution in [-0.4, -0.2) is 50.8 Å². The van der Waals surface area contributed by atoms with Crippen molar-refractivity contribution >= 4 is 46.0 Å². The summed E-state index contributed by atoms with van der Waals surface area (Å²) in [5, 5.41) is 10.9. The monoisotopic (exact) mass is 402 g/mol. The molecular formula is C19H19ClN4O2S. The fourth-order valence-corrected chi connectivity index (χ4v) is 4.08. The largest absolute Gasteiger partial charge is 0.391 e. The molecular weight excluding hydrogens is 384 g/mol. The number of β-amino-alcohol motifs (C(OH)–C–C–N with tert-alkyl or cyclic N) is 1. The molecule has 0 saturated carbocycles. The third-order valence-corrected chi connectivity index (χ3v) is 5.79. The first-order valence-electron chi connectivity index (χ1n) is 8.71. The van der Waals surface area contributed by atoms with Crippen molar-refractivity contribution in [3.63, 3.8) is 0 Å². The van der Waals surface area contributed by atoms with E-state index in [9.17, 15) is 9.90 Å². The summed E-state index contributed by atoms with van der Waals surface area (Å²) in [5.41, 5.74) is 3.98. The van der Waals surface area contributed by atoms with Crippen LogP contribution in [-0.2, 0) is 4.79 Å². The summed E-state index contributed by atoms with van der Waals surface area (Å²) in [6, 6.07) is 9.83. The minimum Gasteiger partial charge on any atom is -0.391 e. The molecule has 1 aromatic carbocycles. The molecule has 0 amide bonds. The Hall–Kier alpha value is -2.09. The van der Waals surface area contributed by atoms with Gasteiger partial charge in [-0.1, -0.05) is 35.5 Å². The Morgan fingerprint density at radius 2 is 2.15 bits per heavy atom. The van der Waals surface area contributed by atoms with Crippen LogP contribution in [0, 0.1) is 0 Å². The number of carbonyl (C=O) groups is 1. The molecule has 0 radical (unpaired) electrons. The Morgan fingerprint density at radius 3 is 2.81 bits per heavy atom. The summed E-state index contributed by atoms with van der Waals surface area (Å²) in [5.74, 6) is 0.463. The van der Waals surface area contributed by atoms with Crippen molar-refractivity contribution in [3.05, 3.63) is 35.4 Å². The number of thioether (sulfide) groups is 1. The summed E-state index contributed by atoms with van der Waals surface area (Å²) in [7, 11) is 0. The van der Waals surface area contributed by atoms with E-state index in [1.54, 1.807) is 6.92 Å². The predicted molar refractivity (Wildman–Crippen MR) is 109 cm³/mol. The summed E-state index contributed by atoms with van der Waals surface area (Å²) >= 11 is 7.80. The molecule has 6 nitrogen and oxygen atoms in total. The van der Waals surface area contributed by atoms with Crippen molar-refractivity contribution in [1.29, 1.82) is 0 Å². The SMILES string of the molecule is CC(=O)CSc1nc2nc(-c3ccc(N4CCC(O)C4)cc3)c(Cl)cc2[nH]1. The van der Waals surface area contributed by atoms with Crippen LogP contribution in [0.5, 0.6) is 0 Å². The maximum Gasteiger partial charge on any atom is 0.179 e. The Kier molecular flexibility index (Phi) is 5.08. The highest BCUT2D eigenvalue weighted by atomic mass is 35.5. The molecule has 140 valence electrons. The smallest absolute Gasteiger partial charge is 0.179 e. The van der Waals surface area contributed by atoms with E-state index in [1.807, 2.05) is 30.3 Å². The molecule has 3 aromatic rings. The summed E-state index contributed by atoms with van der Waals surface area (Å²) < 4.78 is 0. The number of aliphatic hydroxyl groups is 1. The molecule has 2 aromatic heterocycles. The van der Waals surface area contributed by atoms with Crippen molar-refractivity contribution in [2.45, 2.75) is 24.6 Å². The number of halogens is 1. The number of fused-ring (bicyclic) bond motifs is 1. The number of aromatic nitrogens is 3. The Bertz CT molecular complexity index is 989. The zero-order valence-electron chi connectivity index (χ0n) is 14.8. The van der Waals surface area contributed by atoms with Gasteiger partial charge >= 0.3 is 0 Å². The molecule has 1 aliphatic heterocycles. The molecule has 2 N–H and O–H groups in total. The summed E-state index contributed by atoms with van der Waals surface area (Å²) in [6.45, 7) is 3.08. The van der Waals surface area contributed by atoms with E-state index >= 15 is 0 Å². The molecule has 3 heterocycles. The quantitative estimate of drug-likeness (QED) is 0.635. The second-order valence-electron chi connectivity index (χ2n) is 6.66. The number of nitrogens with zero attached hydrogens (tertiary/aromatic N) is 3. The minimum absolute atomic E-state index is 0.0951. The Balaban J connectivity index is 1.60. The number of hydrogen-bond donors (Lipinski definition) is 2. The zero-order chi connectivity index (χ0) is 19.0. The van der Waals surface area contributed by atoms with Crippen LogP contribution in [0.2, 0.25) is 5.02 Å². The highest BCUT2D eigenvalue weighted by molar-refractivity contribution is 7.99. The molecule has 1 fully saturated rings. The lowest BCUT2D eigenvalue weighted by atomic mass is 10.1. The van der Waals surface area contributed by atoms with Crippen LogP contribution in [0.4, 0.5) is 5.69 Å². The second-order valence-corrected chi connectivity index (χ2v) is 8.03. The van der Waals surface area contributed by atoms with Crippen LogP contribution in [0.1, 0.15) is 13.3 Å². The fraction of sp³-hybridized carbons (Fsp3) is 0.316. The zero-order valence-corrected chi connectivity index (χ0v) is 16.3. The van der Waals surface area contributed by atoms with Gasteiger partial charge in [0.15, 0.2) is 10.8 Å². The number of carbonyl (C=O) groups excluding carboxylic acids is 1. The number of benzene rings is 1. The number of anilines is 1. The van der Waals surface area contributed by atoms with Crippen molar-refractivity contribution < 1.29 is 9.90 Å². The van der Waals surface area contributed by atoms with Gasteiger partial charge in [-0.2, -0.15) is 0 Å². The lowest BCUT2D eigenvalue weighted by molar-refractivity contribution is -0.114. The van der Waals surface area contributed by atoms with Crippen LogP contribution in [0.3, 0.4) is 0 Å². The van der Waals surface area contributed by atoms with Crippen molar-refractivity contribution in [3.8, 4) is 11.3 Å². The highest BCUT2D eigenvalue weighted by Gasteiger charge is 2.20. The molecule has 1 unspecified atom stereocenters. The maximum absolute atomic E-state index is 11.1. The van der Waals surface area contributed by atoms with E-state index in [1.165, 1.54) is 11.8 Å². The second kappa shape index (κ2) is 7.50. The molecule has 0 spiro atoms. The number of ketones is 1. The number of nitrogens with one attached hydrogen (secondary N) is 1. The van der Waals surface area contributed by atoms with Crippen LogP contribution < -0.4 is 4.90 Å². The number of aromatic amines is 1. The van der Waals surface area contributed by atoms with Gasteiger partial charge in [0.05, 0.1) is 28.1 Å². The van der Waals surface area contributed by atoms with Crippen molar-refractivity contribution in [1.82, 2.24) is 15.0 Å². The number of Topliss-reactive ketones (excluding diaryl/α,β-unsaturated/α-hetero) is 1.